The lowest BCUT2D eigenvalue weighted by atomic mass is 10.1. The lowest BCUT2D eigenvalue weighted by molar-refractivity contribution is 0.0734. The highest BCUT2D eigenvalue weighted by Gasteiger charge is 2.28. The third-order valence-corrected chi connectivity index (χ3v) is 6.80. The van der Waals surface area contributed by atoms with Crippen LogP contribution in [0, 0.1) is 0 Å². The van der Waals surface area contributed by atoms with Gasteiger partial charge in [0.25, 0.3) is 5.91 Å². The summed E-state index contributed by atoms with van der Waals surface area (Å²) in [5, 5.41) is 6.96. The SMILES string of the molecule is O=C(c1ccc(S(=O)(=O)N2CCCC2)cc1)N1CCc2[nH]ncc2C1. The van der Waals surface area contributed by atoms with Crippen LogP contribution < -0.4 is 0 Å². The second-order valence-electron chi connectivity index (χ2n) is 6.49. The number of carbonyl (C=O) groups is 1. The minimum Gasteiger partial charge on any atom is -0.334 e. The van der Waals surface area contributed by atoms with Crippen LogP contribution in [-0.2, 0) is 23.0 Å². The Bertz CT molecular complexity index is 883. The Morgan fingerprint density at radius 3 is 2.52 bits per heavy atom. The average molecular weight is 360 g/mol. The molecular weight excluding hydrogens is 340 g/mol. The van der Waals surface area contributed by atoms with Crippen molar-refractivity contribution in [2.24, 2.45) is 0 Å². The highest BCUT2D eigenvalue weighted by molar-refractivity contribution is 7.89. The van der Waals surface area contributed by atoms with Crippen molar-refractivity contribution in [3.8, 4) is 0 Å². The van der Waals surface area contributed by atoms with Crippen molar-refractivity contribution in [3.05, 3.63) is 47.3 Å². The molecule has 132 valence electrons. The number of H-pyrrole nitrogens is 1. The van der Waals surface area contributed by atoms with Gasteiger partial charge in [0, 0.05) is 49.4 Å². The number of aromatic nitrogens is 2. The molecule has 2 aliphatic rings. The zero-order valence-electron chi connectivity index (χ0n) is 13.8. The molecule has 2 aliphatic heterocycles. The van der Waals surface area contributed by atoms with Gasteiger partial charge in [-0.25, -0.2) is 8.42 Å². The number of benzene rings is 1. The van der Waals surface area contributed by atoms with E-state index in [1.807, 2.05) is 0 Å². The van der Waals surface area contributed by atoms with Crippen LogP contribution in [0.25, 0.3) is 0 Å². The Morgan fingerprint density at radius 1 is 1.08 bits per heavy atom. The summed E-state index contributed by atoms with van der Waals surface area (Å²) in [6.07, 6.45) is 4.31. The van der Waals surface area contributed by atoms with E-state index in [1.165, 1.54) is 16.4 Å². The minimum atomic E-state index is -3.44. The quantitative estimate of drug-likeness (QED) is 0.896. The van der Waals surface area contributed by atoms with Crippen molar-refractivity contribution >= 4 is 15.9 Å². The van der Waals surface area contributed by atoms with Gasteiger partial charge in [-0.15, -0.1) is 0 Å². The maximum absolute atomic E-state index is 12.7. The molecule has 0 aliphatic carbocycles. The van der Waals surface area contributed by atoms with Crippen molar-refractivity contribution < 1.29 is 13.2 Å². The third-order valence-electron chi connectivity index (χ3n) is 4.89. The molecule has 1 N–H and O–H groups in total. The van der Waals surface area contributed by atoms with Crippen molar-refractivity contribution in [3.63, 3.8) is 0 Å². The molecule has 7 nitrogen and oxygen atoms in total. The fourth-order valence-corrected chi connectivity index (χ4v) is 4.94. The number of nitrogens with zero attached hydrogens (tertiary/aromatic N) is 3. The molecule has 0 bridgehead atoms. The van der Waals surface area contributed by atoms with Crippen LogP contribution in [0.4, 0.5) is 0 Å². The van der Waals surface area contributed by atoms with Gasteiger partial charge in [-0.3, -0.25) is 9.89 Å². The van der Waals surface area contributed by atoms with Gasteiger partial charge >= 0.3 is 0 Å². The molecule has 8 heteroatoms. The third kappa shape index (κ3) is 2.96. The molecule has 1 aromatic heterocycles. The number of aromatic amines is 1. The number of fused-ring (bicyclic) bond motifs is 1. The van der Waals surface area contributed by atoms with Crippen LogP contribution in [-0.4, -0.2) is 53.4 Å². The summed E-state index contributed by atoms with van der Waals surface area (Å²) in [7, 11) is -3.44. The number of hydrogen-bond donors (Lipinski definition) is 1. The molecule has 1 aromatic carbocycles. The van der Waals surface area contributed by atoms with Crippen molar-refractivity contribution in [2.75, 3.05) is 19.6 Å². The van der Waals surface area contributed by atoms with E-state index >= 15 is 0 Å². The molecule has 2 aromatic rings. The van der Waals surface area contributed by atoms with E-state index in [4.69, 9.17) is 0 Å². The first-order valence-electron chi connectivity index (χ1n) is 8.46. The van der Waals surface area contributed by atoms with Crippen molar-refractivity contribution in [1.82, 2.24) is 19.4 Å². The summed E-state index contributed by atoms with van der Waals surface area (Å²) >= 11 is 0. The number of nitrogens with one attached hydrogen (secondary N) is 1. The molecule has 0 radical (unpaired) electrons. The van der Waals surface area contributed by atoms with E-state index in [0.29, 0.717) is 31.7 Å². The monoisotopic (exact) mass is 360 g/mol. The van der Waals surface area contributed by atoms with E-state index in [2.05, 4.69) is 10.2 Å². The Kier molecular flexibility index (Phi) is 4.09. The van der Waals surface area contributed by atoms with E-state index in [-0.39, 0.29) is 10.8 Å². The van der Waals surface area contributed by atoms with Crippen LogP contribution in [0.1, 0.15) is 34.5 Å². The number of sulfonamides is 1. The zero-order valence-corrected chi connectivity index (χ0v) is 14.6. The Morgan fingerprint density at radius 2 is 1.80 bits per heavy atom. The van der Waals surface area contributed by atoms with Gasteiger partial charge in [0.2, 0.25) is 10.0 Å². The van der Waals surface area contributed by atoms with Crippen LogP contribution >= 0.6 is 0 Å². The van der Waals surface area contributed by atoms with Crippen molar-refractivity contribution in [1.29, 1.82) is 0 Å². The summed E-state index contributed by atoms with van der Waals surface area (Å²) in [6.45, 7) is 2.30. The van der Waals surface area contributed by atoms with Gasteiger partial charge in [-0.1, -0.05) is 0 Å². The first-order valence-corrected chi connectivity index (χ1v) is 9.90. The molecular formula is C17H20N4O3S. The largest absolute Gasteiger partial charge is 0.334 e. The topological polar surface area (TPSA) is 86.4 Å². The van der Waals surface area contributed by atoms with Gasteiger partial charge in [0.1, 0.15) is 0 Å². The standard InChI is InChI=1S/C17H20N4O3S/c22-17(20-10-7-16-14(12-20)11-18-19-16)13-3-5-15(6-4-13)25(23,24)21-8-1-2-9-21/h3-6,11H,1-2,7-10,12H2,(H,18,19). The maximum Gasteiger partial charge on any atom is 0.254 e. The maximum atomic E-state index is 12.7. The Hall–Kier alpha value is -2.19. The number of rotatable bonds is 3. The normalized spacial score (nSPS) is 18.3. The molecule has 0 saturated carbocycles. The van der Waals surface area contributed by atoms with E-state index in [1.54, 1.807) is 23.2 Å². The predicted molar refractivity (Wildman–Crippen MR) is 91.5 cm³/mol. The van der Waals surface area contributed by atoms with Crippen molar-refractivity contribution in [2.45, 2.75) is 30.7 Å². The Labute approximate surface area is 146 Å². The van der Waals surface area contributed by atoms with Crippen LogP contribution in [0.3, 0.4) is 0 Å². The summed E-state index contributed by atoms with van der Waals surface area (Å²) < 4.78 is 26.6. The lowest BCUT2D eigenvalue weighted by Crippen LogP contribution is -2.35. The molecule has 0 spiro atoms. The highest BCUT2D eigenvalue weighted by atomic mass is 32.2. The summed E-state index contributed by atoms with van der Waals surface area (Å²) in [4.78, 5) is 14.7. The van der Waals surface area contributed by atoms with Gasteiger partial charge in [0.05, 0.1) is 11.1 Å². The molecule has 1 saturated heterocycles. The average Bonchev–Trinajstić information content (AvgIpc) is 3.32. The van der Waals surface area contributed by atoms with Crippen LogP contribution in [0.2, 0.25) is 0 Å². The fourth-order valence-electron chi connectivity index (χ4n) is 3.42. The highest BCUT2D eigenvalue weighted by Crippen LogP contribution is 2.22. The number of carbonyl (C=O) groups excluding carboxylic acids is 1. The number of hydrogen-bond acceptors (Lipinski definition) is 4. The predicted octanol–water partition coefficient (Wildman–Crippen LogP) is 1.39. The van der Waals surface area contributed by atoms with Crippen LogP contribution in [0.5, 0.6) is 0 Å². The van der Waals surface area contributed by atoms with E-state index in [0.717, 1.165) is 30.5 Å². The fraction of sp³-hybridized carbons (Fsp3) is 0.412. The molecule has 25 heavy (non-hydrogen) atoms. The molecule has 1 amide bonds. The molecule has 1 fully saturated rings. The summed E-state index contributed by atoms with van der Waals surface area (Å²) in [6, 6.07) is 6.29. The van der Waals surface area contributed by atoms with Gasteiger partial charge in [0.15, 0.2) is 0 Å². The first kappa shape index (κ1) is 16.3. The number of amides is 1. The molecule has 0 atom stereocenters. The zero-order chi connectivity index (χ0) is 17.4. The molecule has 4 rings (SSSR count). The minimum absolute atomic E-state index is 0.0861. The van der Waals surface area contributed by atoms with E-state index < -0.39 is 10.0 Å². The second kappa shape index (κ2) is 6.27. The smallest absolute Gasteiger partial charge is 0.254 e. The van der Waals surface area contributed by atoms with Crippen LogP contribution in [0.15, 0.2) is 35.4 Å². The van der Waals surface area contributed by atoms with Gasteiger partial charge in [-0.2, -0.15) is 9.40 Å². The van der Waals surface area contributed by atoms with Gasteiger partial charge in [-0.05, 0) is 37.1 Å². The molecule has 3 heterocycles. The summed E-state index contributed by atoms with van der Waals surface area (Å²) in [5.74, 6) is -0.0861. The first-order chi connectivity index (χ1) is 12.1. The molecule has 0 unspecified atom stereocenters. The van der Waals surface area contributed by atoms with E-state index in [9.17, 15) is 13.2 Å². The van der Waals surface area contributed by atoms with Gasteiger partial charge < -0.3 is 4.90 Å². The Balaban J connectivity index is 1.51. The summed E-state index contributed by atoms with van der Waals surface area (Å²) in [5.41, 5.74) is 2.62. The lowest BCUT2D eigenvalue weighted by Gasteiger charge is -2.26. The second-order valence-corrected chi connectivity index (χ2v) is 8.42.